The van der Waals surface area contributed by atoms with Crippen LogP contribution in [0.1, 0.15) is 28.8 Å². The Morgan fingerprint density at radius 2 is 1.90 bits per heavy atom. The molecule has 4 aliphatic rings. The van der Waals surface area contributed by atoms with Gasteiger partial charge in [-0.1, -0.05) is 0 Å². The fraction of sp³-hybridized carbons (Fsp3) is 0.556. The van der Waals surface area contributed by atoms with Gasteiger partial charge in [0.1, 0.15) is 17.7 Å². The lowest BCUT2D eigenvalue weighted by Crippen LogP contribution is -2.74. The van der Waals surface area contributed by atoms with Crippen molar-refractivity contribution in [3.8, 4) is 5.75 Å². The number of phenolic OH excluding ortho intramolecular Hbond substituents is 1. The van der Waals surface area contributed by atoms with E-state index < -0.39 is 99.3 Å². The molecule has 0 bridgehead atoms. The smallest absolute Gasteiger partial charge is 0.238 e. The highest BCUT2D eigenvalue weighted by Gasteiger charge is 2.69. The molecule has 220 valence electrons. The van der Waals surface area contributed by atoms with Gasteiger partial charge in [-0.2, -0.15) is 0 Å². The van der Waals surface area contributed by atoms with E-state index >= 15 is 4.39 Å². The van der Waals surface area contributed by atoms with E-state index in [4.69, 9.17) is 5.73 Å². The number of fused-ring (bicyclic) bond motifs is 3. The lowest BCUT2D eigenvalue weighted by molar-refractivity contribution is -0.181. The van der Waals surface area contributed by atoms with Gasteiger partial charge in [-0.3, -0.25) is 38.6 Å². The Morgan fingerprint density at radius 1 is 1.22 bits per heavy atom. The quantitative estimate of drug-likeness (QED) is 0.250. The molecule has 5 N–H and O–H groups in total. The lowest BCUT2D eigenvalue weighted by Gasteiger charge is -2.52. The monoisotopic (exact) mass is 576 g/mol. The minimum atomic E-state index is -2.90. The van der Waals surface area contributed by atoms with E-state index in [0.29, 0.717) is 6.54 Å². The maximum Gasteiger partial charge on any atom is 0.238 e. The second kappa shape index (κ2) is 10.0. The molecule has 2 unspecified atom stereocenters. The summed E-state index contributed by atoms with van der Waals surface area (Å²) in [6.07, 6.45) is -1.28. The molecule has 1 aromatic carbocycles. The molecule has 14 heteroatoms. The molecule has 2 amide bonds. The fourth-order valence-corrected chi connectivity index (χ4v) is 7.04. The number of likely N-dealkylation sites (tertiary alicyclic amines) is 1. The largest absolute Gasteiger partial charge is 0.505 e. The van der Waals surface area contributed by atoms with E-state index in [1.54, 1.807) is 0 Å². The molecule has 1 aliphatic heterocycles. The SMILES string of the molecule is CN(C)[C@@H]1C(=O)C(C(N)=O)C(=O)[C@@]2(O)C(=O)C3C(=O)c4c(O)c(NC(=O)CN5CC[C@@H](F)C5)cc(F)c4C[C@H]3C[C@@H]12. The van der Waals surface area contributed by atoms with Crippen LogP contribution in [0.3, 0.4) is 0 Å². The molecule has 41 heavy (non-hydrogen) atoms. The molecule has 3 fully saturated rings. The van der Waals surface area contributed by atoms with Crippen LogP contribution < -0.4 is 11.1 Å². The van der Waals surface area contributed by atoms with Gasteiger partial charge >= 0.3 is 0 Å². The number of anilines is 1. The van der Waals surface area contributed by atoms with Gasteiger partial charge in [0.25, 0.3) is 0 Å². The van der Waals surface area contributed by atoms with Crippen LogP contribution >= 0.6 is 0 Å². The number of nitrogens with two attached hydrogens (primary N) is 1. The number of amides is 2. The van der Waals surface area contributed by atoms with Crippen LogP contribution in [0.15, 0.2) is 6.07 Å². The number of aromatic hydroxyl groups is 1. The van der Waals surface area contributed by atoms with Crippen molar-refractivity contribution in [1.82, 2.24) is 9.80 Å². The van der Waals surface area contributed by atoms with Crippen LogP contribution in [0.5, 0.6) is 5.75 Å². The van der Waals surface area contributed by atoms with Crippen molar-refractivity contribution in [2.75, 3.05) is 39.0 Å². The molecule has 7 atom stereocenters. The first-order valence-electron chi connectivity index (χ1n) is 13.2. The molecule has 1 aromatic rings. The number of rotatable bonds is 5. The van der Waals surface area contributed by atoms with Crippen molar-refractivity contribution < 1.29 is 47.8 Å². The van der Waals surface area contributed by atoms with Crippen molar-refractivity contribution in [2.45, 2.75) is 37.1 Å². The zero-order chi connectivity index (χ0) is 30.1. The molecular weight excluding hydrogens is 546 g/mol. The average molecular weight is 577 g/mol. The zero-order valence-corrected chi connectivity index (χ0v) is 22.4. The minimum Gasteiger partial charge on any atom is -0.505 e. The highest BCUT2D eigenvalue weighted by molar-refractivity contribution is 6.32. The second-order valence-corrected chi connectivity index (χ2v) is 11.6. The predicted octanol–water partition coefficient (Wildman–Crippen LogP) is -1.01. The number of likely N-dealkylation sites (N-methyl/N-ethyl adjacent to an activating group) is 1. The van der Waals surface area contributed by atoms with E-state index in [1.165, 1.54) is 23.9 Å². The van der Waals surface area contributed by atoms with E-state index in [0.717, 1.165) is 6.07 Å². The minimum absolute atomic E-state index is 0.0428. The number of halogens is 2. The number of carbonyl (C=O) groups is 6. The number of nitrogens with one attached hydrogen (secondary N) is 1. The molecule has 1 saturated heterocycles. The Bertz CT molecular complexity index is 1400. The zero-order valence-electron chi connectivity index (χ0n) is 22.4. The van der Waals surface area contributed by atoms with Crippen LogP contribution in [0.2, 0.25) is 0 Å². The van der Waals surface area contributed by atoms with Crippen molar-refractivity contribution >= 4 is 40.6 Å². The number of Topliss-reactive ketones (excluding diaryl/α,β-unsaturated/α-hetero) is 4. The number of hydrogen-bond donors (Lipinski definition) is 4. The summed E-state index contributed by atoms with van der Waals surface area (Å²) in [7, 11) is 2.92. The third-order valence-corrected chi connectivity index (χ3v) is 8.86. The highest BCUT2D eigenvalue weighted by atomic mass is 19.1. The average Bonchev–Trinajstić information content (AvgIpc) is 3.28. The number of nitrogens with zero attached hydrogens (tertiary/aromatic N) is 2. The summed E-state index contributed by atoms with van der Waals surface area (Å²) < 4.78 is 28.8. The standard InChI is InChI=1S/C27H30F2N4O8/c1-32(2)20-13-6-10-5-12-14(29)7-15(31-16(34)9-33-4-3-11(28)8-33)21(35)18(12)22(36)17(10)24(38)27(13,41)25(39)19(23(20)37)26(30)40/h7,10-11,13,17,19-20,35,41H,3-6,8-9H2,1-2H3,(H2,30,40)(H,31,34)/t10-,11+,13-,17?,19?,20-,27-/m0/s1. The molecule has 2 saturated carbocycles. The van der Waals surface area contributed by atoms with Crippen LogP contribution in [0.4, 0.5) is 14.5 Å². The van der Waals surface area contributed by atoms with Gasteiger partial charge in [-0.25, -0.2) is 8.78 Å². The first kappa shape index (κ1) is 28.9. The maximum absolute atomic E-state index is 15.3. The molecule has 12 nitrogen and oxygen atoms in total. The summed E-state index contributed by atoms with van der Waals surface area (Å²) in [6.45, 7) is 0.141. The van der Waals surface area contributed by atoms with E-state index in [1.807, 2.05) is 0 Å². The third-order valence-electron chi connectivity index (χ3n) is 8.86. The third kappa shape index (κ3) is 4.35. The maximum atomic E-state index is 15.3. The topological polar surface area (TPSA) is 187 Å². The Labute approximate surface area is 232 Å². The van der Waals surface area contributed by atoms with Gasteiger partial charge in [-0.05, 0) is 39.3 Å². The fourth-order valence-electron chi connectivity index (χ4n) is 7.04. The van der Waals surface area contributed by atoms with Gasteiger partial charge in [0.05, 0.1) is 29.8 Å². The Hall–Kier alpha value is -3.62. The molecule has 5 rings (SSSR count). The Morgan fingerprint density at radius 3 is 2.49 bits per heavy atom. The molecule has 0 spiro atoms. The number of carbonyl (C=O) groups excluding carboxylic acids is 6. The van der Waals surface area contributed by atoms with Gasteiger partial charge in [-0.15, -0.1) is 0 Å². The van der Waals surface area contributed by atoms with Crippen molar-refractivity contribution in [3.05, 3.63) is 23.0 Å². The first-order chi connectivity index (χ1) is 19.2. The highest BCUT2D eigenvalue weighted by Crippen LogP contribution is 2.51. The number of ketones is 4. The second-order valence-electron chi connectivity index (χ2n) is 11.6. The first-order valence-corrected chi connectivity index (χ1v) is 13.2. The van der Waals surface area contributed by atoms with E-state index in [-0.39, 0.29) is 37.9 Å². The molecule has 1 heterocycles. The van der Waals surface area contributed by atoms with E-state index in [2.05, 4.69) is 5.32 Å². The van der Waals surface area contributed by atoms with Gasteiger partial charge in [0.2, 0.25) is 11.8 Å². The number of benzene rings is 1. The summed E-state index contributed by atoms with van der Waals surface area (Å²) >= 11 is 0. The van der Waals surface area contributed by atoms with Gasteiger partial charge in [0.15, 0.2) is 34.7 Å². The Kier molecular flexibility index (Phi) is 7.07. The van der Waals surface area contributed by atoms with Crippen molar-refractivity contribution in [3.63, 3.8) is 0 Å². The molecule has 0 radical (unpaired) electrons. The van der Waals surface area contributed by atoms with Gasteiger partial charge in [0, 0.05) is 30.6 Å². The number of primary amides is 1. The van der Waals surface area contributed by atoms with Crippen molar-refractivity contribution in [2.24, 2.45) is 29.4 Å². The molecule has 3 aliphatic carbocycles. The van der Waals surface area contributed by atoms with Crippen molar-refractivity contribution in [1.29, 1.82) is 0 Å². The number of phenols is 1. The van der Waals surface area contributed by atoms with Crippen LogP contribution in [-0.4, -0.2) is 107 Å². The molecular formula is C27H30F2N4O8. The summed E-state index contributed by atoms with van der Waals surface area (Å²) in [5.41, 5.74) is 1.17. The summed E-state index contributed by atoms with van der Waals surface area (Å²) in [4.78, 5) is 81.4. The normalized spacial score (nSPS) is 33.4. The number of alkyl halides is 1. The van der Waals surface area contributed by atoms with Gasteiger partial charge < -0.3 is 21.3 Å². The van der Waals surface area contributed by atoms with Crippen LogP contribution in [0, 0.1) is 29.5 Å². The Balaban J connectivity index is 1.51. The summed E-state index contributed by atoms with van der Waals surface area (Å²) in [5.74, 6) is -14.4. The lowest BCUT2D eigenvalue weighted by atomic mass is 9.52. The van der Waals surface area contributed by atoms with Crippen LogP contribution in [-0.2, 0) is 30.4 Å². The van der Waals surface area contributed by atoms with Crippen LogP contribution in [0.25, 0.3) is 0 Å². The molecule has 0 aromatic heterocycles. The number of hydrogen-bond acceptors (Lipinski definition) is 10. The van der Waals surface area contributed by atoms with E-state index in [9.17, 15) is 43.4 Å². The summed E-state index contributed by atoms with van der Waals surface area (Å²) in [5, 5.41) is 24.8. The predicted molar refractivity (Wildman–Crippen MR) is 136 cm³/mol. The number of aliphatic hydroxyl groups is 1. The summed E-state index contributed by atoms with van der Waals surface area (Å²) in [6, 6.07) is -0.424.